The first-order chi connectivity index (χ1) is 8.56. The molecule has 2 N–H and O–H groups in total. The number of nitrogens with zero attached hydrogens (tertiary/aromatic N) is 3. The fraction of sp³-hybridized carbons (Fsp3) is 0.692. The molecule has 1 atom stereocenters. The fourth-order valence-corrected chi connectivity index (χ4v) is 1.60. The Hall–Kier alpha value is -1.36. The van der Waals surface area contributed by atoms with Crippen molar-refractivity contribution in [3.05, 3.63) is 11.9 Å². The number of nitrogens with one attached hydrogen (secondary N) is 1. The Kier molecular flexibility index (Phi) is 5.85. The molecule has 1 heterocycles. The van der Waals surface area contributed by atoms with Gasteiger partial charge in [-0.2, -0.15) is 0 Å². The van der Waals surface area contributed by atoms with E-state index in [2.05, 4.69) is 20.2 Å². The van der Waals surface area contributed by atoms with Crippen molar-refractivity contribution >= 4 is 11.6 Å². The van der Waals surface area contributed by atoms with Gasteiger partial charge in [-0.1, -0.05) is 6.92 Å². The third kappa shape index (κ3) is 4.49. The Labute approximate surface area is 109 Å². The van der Waals surface area contributed by atoms with Crippen molar-refractivity contribution in [2.75, 3.05) is 30.4 Å². The minimum atomic E-state index is -0.284. The topological polar surface area (TPSA) is 61.3 Å². The molecule has 18 heavy (non-hydrogen) atoms. The molecule has 1 aromatic rings. The Balaban J connectivity index is 2.82. The minimum Gasteiger partial charge on any atom is -0.393 e. The maximum atomic E-state index is 9.32. The van der Waals surface area contributed by atoms with Crippen LogP contribution in [0, 0.1) is 0 Å². The first-order valence-corrected chi connectivity index (χ1v) is 6.57. The van der Waals surface area contributed by atoms with Crippen LogP contribution >= 0.6 is 0 Å². The van der Waals surface area contributed by atoms with Crippen molar-refractivity contribution in [3.8, 4) is 0 Å². The van der Waals surface area contributed by atoms with Gasteiger partial charge in [0.15, 0.2) is 0 Å². The number of rotatable bonds is 7. The van der Waals surface area contributed by atoms with E-state index in [-0.39, 0.29) is 6.10 Å². The summed E-state index contributed by atoms with van der Waals surface area (Å²) in [6.45, 7) is 7.52. The molecule has 5 nitrogen and oxygen atoms in total. The average molecular weight is 252 g/mol. The van der Waals surface area contributed by atoms with Crippen molar-refractivity contribution in [3.63, 3.8) is 0 Å². The quantitative estimate of drug-likeness (QED) is 0.773. The normalized spacial score (nSPS) is 12.3. The highest BCUT2D eigenvalue weighted by Gasteiger charge is 2.08. The summed E-state index contributed by atoms with van der Waals surface area (Å²) < 4.78 is 0. The van der Waals surface area contributed by atoms with Crippen LogP contribution in [-0.4, -0.2) is 41.3 Å². The summed E-state index contributed by atoms with van der Waals surface area (Å²) in [7, 11) is 1.99. The van der Waals surface area contributed by atoms with E-state index in [0.29, 0.717) is 0 Å². The molecule has 102 valence electrons. The Morgan fingerprint density at radius 1 is 1.39 bits per heavy atom. The lowest BCUT2D eigenvalue weighted by molar-refractivity contribution is 0.187. The number of hydrogen-bond acceptors (Lipinski definition) is 5. The molecule has 1 aromatic heterocycles. The molecule has 0 amide bonds. The number of aromatic nitrogens is 2. The van der Waals surface area contributed by atoms with Gasteiger partial charge in [0.25, 0.3) is 0 Å². The van der Waals surface area contributed by atoms with Crippen molar-refractivity contribution in [2.45, 2.75) is 39.7 Å². The van der Waals surface area contributed by atoms with Crippen LogP contribution in [0.25, 0.3) is 0 Å². The standard InChI is InChI=1S/C13H24N4O/c1-5-11-15-12(14-6-2)9-13(16-11)17(4)8-7-10(3)18/h9-10,18H,5-8H2,1-4H3,(H,14,15,16). The lowest BCUT2D eigenvalue weighted by Gasteiger charge is -2.20. The lowest BCUT2D eigenvalue weighted by atomic mass is 10.3. The number of aliphatic hydroxyl groups excluding tert-OH is 1. The molecule has 1 rings (SSSR count). The second-order valence-electron chi connectivity index (χ2n) is 4.47. The van der Waals surface area contributed by atoms with Crippen molar-refractivity contribution in [2.24, 2.45) is 0 Å². The molecule has 0 fully saturated rings. The van der Waals surface area contributed by atoms with Gasteiger partial charge in [0, 0.05) is 32.6 Å². The van der Waals surface area contributed by atoms with Crippen molar-refractivity contribution in [1.29, 1.82) is 0 Å². The summed E-state index contributed by atoms with van der Waals surface area (Å²) in [6.07, 6.45) is 1.27. The second kappa shape index (κ2) is 7.16. The van der Waals surface area contributed by atoms with Gasteiger partial charge in [0.05, 0.1) is 6.10 Å². The number of hydrogen-bond donors (Lipinski definition) is 2. The summed E-state index contributed by atoms with van der Waals surface area (Å²) in [5.41, 5.74) is 0. The summed E-state index contributed by atoms with van der Waals surface area (Å²) in [5, 5.41) is 12.5. The van der Waals surface area contributed by atoms with Gasteiger partial charge in [0.1, 0.15) is 17.5 Å². The second-order valence-corrected chi connectivity index (χ2v) is 4.47. The summed E-state index contributed by atoms with van der Waals surface area (Å²) in [4.78, 5) is 11.0. The molecule has 0 aliphatic rings. The SMILES string of the molecule is CCNc1cc(N(C)CCC(C)O)nc(CC)n1. The monoisotopic (exact) mass is 252 g/mol. The number of aryl methyl sites for hydroxylation is 1. The van der Waals surface area contributed by atoms with E-state index in [4.69, 9.17) is 0 Å². The largest absolute Gasteiger partial charge is 0.393 e. The molecule has 0 aliphatic carbocycles. The zero-order chi connectivity index (χ0) is 13.5. The average Bonchev–Trinajstić information content (AvgIpc) is 2.35. The Morgan fingerprint density at radius 3 is 2.67 bits per heavy atom. The van der Waals surface area contributed by atoms with E-state index >= 15 is 0 Å². The van der Waals surface area contributed by atoms with Crippen molar-refractivity contribution in [1.82, 2.24) is 9.97 Å². The van der Waals surface area contributed by atoms with E-state index in [1.807, 2.05) is 27.0 Å². The smallest absolute Gasteiger partial charge is 0.134 e. The van der Waals surface area contributed by atoms with Crippen LogP contribution in [-0.2, 0) is 6.42 Å². The van der Waals surface area contributed by atoms with Gasteiger partial charge in [0.2, 0.25) is 0 Å². The molecule has 0 saturated carbocycles. The molecule has 0 saturated heterocycles. The maximum Gasteiger partial charge on any atom is 0.134 e. The molecule has 0 radical (unpaired) electrons. The van der Waals surface area contributed by atoms with Gasteiger partial charge >= 0.3 is 0 Å². The molecule has 0 spiro atoms. The van der Waals surface area contributed by atoms with Gasteiger partial charge in [-0.25, -0.2) is 9.97 Å². The van der Waals surface area contributed by atoms with E-state index in [9.17, 15) is 5.11 Å². The predicted octanol–water partition coefficient (Wildman–Crippen LogP) is 1.68. The summed E-state index contributed by atoms with van der Waals surface area (Å²) in [5.74, 6) is 2.61. The molecule has 5 heteroatoms. The van der Waals surface area contributed by atoms with Gasteiger partial charge in [-0.05, 0) is 20.3 Å². The molecule has 0 aromatic carbocycles. The molecular weight excluding hydrogens is 228 g/mol. The first kappa shape index (κ1) is 14.7. The highest BCUT2D eigenvalue weighted by Crippen LogP contribution is 2.15. The maximum absolute atomic E-state index is 9.32. The van der Waals surface area contributed by atoms with Crippen LogP contribution in [0.1, 0.15) is 33.0 Å². The third-order valence-electron chi connectivity index (χ3n) is 2.71. The summed E-state index contributed by atoms with van der Waals surface area (Å²) in [6, 6.07) is 1.95. The van der Waals surface area contributed by atoms with Crippen LogP contribution in [0.15, 0.2) is 6.07 Å². The highest BCUT2D eigenvalue weighted by molar-refractivity contribution is 5.48. The van der Waals surface area contributed by atoms with Gasteiger partial charge < -0.3 is 15.3 Å². The number of anilines is 2. The lowest BCUT2D eigenvalue weighted by Crippen LogP contribution is -2.23. The molecule has 0 bridgehead atoms. The van der Waals surface area contributed by atoms with Crippen LogP contribution in [0.3, 0.4) is 0 Å². The Bertz CT molecular complexity index is 368. The van der Waals surface area contributed by atoms with E-state index in [1.165, 1.54) is 0 Å². The molecular formula is C13H24N4O. The van der Waals surface area contributed by atoms with Crippen LogP contribution < -0.4 is 10.2 Å². The van der Waals surface area contributed by atoms with Gasteiger partial charge in [-0.15, -0.1) is 0 Å². The van der Waals surface area contributed by atoms with E-state index in [0.717, 1.165) is 43.4 Å². The third-order valence-corrected chi connectivity index (χ3v) is 2.71. The summed E-state index contributed by atoms with van der Waals surface area (Å²) >= 11 is 0. The van der Waals surface area contributed by atoms with Crippen LogP contribution in [0.2, 0.25) is 0 Å². The van der Waals surface area contributed by atoms with Crippen molar-refractivity contribution < 1.29 is 5.11 Å². The number of aliphatic hydroxyl groups is 1. The van der Waals surface area contributed by atoms with E-state index < -0.39 is 0 Å². The Morgan fingerprint density at radius 2 is 2.11 bits per heavy atom. The van der Waals surface area contributed by atoms with E-state index in [1.54, 1.807) is 6.92 Å². The first-order valence-electron chi connectivity index (χ1n) is 6.57. The predicted molar refractivity (Wildman–Crippen MR) is 75.1 cm³/mol. The minimum absolute atomic E-state index is 0.284. The zero-order valence-corrected chi connectivity index (χ0v) is 11.8. The zero-order valence-electron chi connectivity index (χ0n) is 11.8. The fourth-order valence-electron chi connectivity index (χ4n) is 1.60. The molecule has 0 aliphatic heterocycles. The van der Waals surface area contributed by atoms with Crippen LogP contribution in [0.5, 0.6) is 0 Å². The molecule has 1 unspecified atom stereocenters. The van der Waals surface area contributed by atoms with Crippen LogP contribution in [0.4, 0.5) is 11.6 Å². The van der Waals surface area contributed by atoms with Gasteiger partial charge in [-0.3, -0.25) is 0 Å². The highest BCUT2D eigenvalue weighted by atomic mass is 16.3.